The van der Waals surface area contributed by atoms with Crippen LogP contribution in [0, 0.1) is 0 Å². The SMILES string of the molecule is O=C(O)C(O)C(O)C(=O)O.c1ccc2c(c1)C1=NCCN1c1c(-c3noc(C4CC4)n3)ncn1-2. The number of carboxylic acids is 2. The van der Waals surface area contributed by atoms with Gasteiger partial charge in [-0.15, -0.1) is 0 Å². The van der Waals surface area contributed by atoms with Gasteiger partial charge in [-0.3, -0.25) is 9.56 Å². The molecule has 4 heterocycles. The Hall–Kier alpha value is -4.10. The van der Waals surface area contributed by atoms with Crippen LogP contribution < -0.4 is 4.90 Å². The van der Waals surface area contributed by atoms with Crippen LogP contribution >= 0.6 is 0 Å². The molecule has 0 bridgehead atoms. The summed E-state index contributed by atoms with van der Waals surface area (Å²) in [4.78, 5) is 35.6. The van der Waals surface area contributed by atoms with Crippen LogP contribution in [0.5, 0.6) is 0 Å². The molecule has 0 amide bonds. The summed E-state index contributed by atoms with van der Waals surface area (Å²) in [5, 5.41) is 36.7. The van der Waals surface area contributed by atoms with E-state index in [-0.39, 0.29) is 0 Å². The lowest BCUT2D eigenvalue weighted by molar-refractivity contribution is -0.165. The molecule has 2 aliphatic heterocycles. The Morgan fingerprint density at radius 2 is 1.79 bits per heavy atom. The lowest BCUT2D eigenvalue weighted by atomic mass is 10.1. The maximum atomic E-state index is 9.77. The summed E-state index contributed by atoms with van der Waals surface area (Å²) in [6.07, 6.45) is -0.417. The second-order valence-electron chi connectivity index (χ2n) is 7.96. The number of carbonyl (C=O) groups is 2. The Balaban J connectivity index is 0.000000207. The third kappa shape index (κ3) is 3.70. The fourth-order valence-electron chi connectivity index (χ4n) is 3.79. The van der Waals surface area contributed by atoms with E-state index < -0.39 is 24.1 Å². The van der Waals surface area contributed by atoms with E-state index >= 15 is 0 Å². The van der Waals surface area contributed by atoms with Gasteiger partial charge in [-0.25, -0.2) is 14.6 Å². The largest absolute Gasteiger partial charge is 0.479 e. The number of imidazole rings is 1. The summed E-state index contributed by atoms with van der Waals surface area (Å²) >= 11 is 0. The number of aliphatic hydroxyl groups excluding tert-OH is 2. The van der Waals surface area contributed by atoms with Gasteiger partial charge in [0.2, 0.25) is 11.7 Å². The minimum atomic E-state index is -2.27. The van der Waals surface area contributed by atoms with Crippen molar-refractivity contribution in [3.05, 3.63) is 42.0 Å². The maximum Gasteiger partial charge on any atom is 0.335 e. The molecule has 13 heteroatoms. The molecule has 1 aromatic carbocycles. The molecule has 1 aliphatic carbocycles. The first kappa shape index (κ1) is 21.7. The molecule has 6 rings (SSSR count). The Morgan fingerprint density at radius 3 is 2.47 bits per heavy atom. The van der Waals surface area contributed by atoms with E-state index in [0.29, 0.717) is 11.7 Å². The number of nitrogens with zero attached hydrogens (tertiary/aromatic N) is 6. The molecule has 13 nitrogen and oxygen atoms in total. The van der Waals surface area contributed by atoms with Gasteiger partial charge in [0.15, 0.2) is 23.7 Å². The van der Waals surface area contributed by atoms with Crippen LogP contribution in [0.2, 0.25) is 0 Å². The van der Waals surface area contributed by atoms with Crippen LogP contribution in [0.1, 0.15) is 30.2 Å². The zero-order valence-electron chi connectivity index (χ0n) is 17.6. The standard InChI is InChI=1S/C17H14N6O.C4H6O6/c1-2-4-12-11(3-1)15-18-7-8-22(15)17-13(19-9-23(12)17)14-20-16(24-21-14)10-5-6-10;5-1(3(7)8)2(6)4(9)10/h1-4,9-10H,5-8H2;1-2,5-6H,(H,7,8)(H,9,10). The van der Waals surface area contributed by atoms with Crippen molar-refractivity contribution in [2.75, 3.05) is 18.0 Å². The van der Waals surface area contributed by atoms with Gasteiger partial charge in [-0.05, 0) is 25.0 Å². The van der Waals surface area contributed by atoms with Crippen molar-refractivity contribution in [3.63, 3.8) is 0 Å². The molecule has 176 valence electrons. The van der Waals surface area contributed by atoms with Crippen molar-refractivity contribution in [2.45, 2.75) is 31.0 Å². The average molecular weight is 468 g/mol. The molecule has 0 radical (unpaired) electrons. The van der Waals surface area contributed by atoms with E-state index in [0.717, 1.165) is 60.4 Å². The van der Waals surface area contributed by atoms with Crippen LogP contribution in [0.4, 0.5) is 5.82 Å². The highest BCUT2D eigenvalue weighted by Gasteiger charge is 2.36. The highest BCUT2D eigenvalue weighted by Crippen LogP contribution is 2.41. The number of hydrogen-bond acceptors (Lipinski definition) is 10. The Morgan fingerprint density at radius 1 is 1.09 bits per heavy atom. The van der Waals surface area contributed by atoms with Crippen LogP contribution in [-0.4, -0.2) is 83.2 Å². The summed E-state index contributed by atoms with van der Waals surface area (Å²) < 4.78 is 7.52. The molecule has 0 spiro atoms. The molecule has 3 aromatic rings. The number of amidine groups is 1. The Bertz CT molecular complexity index is 1280. The Labute approximate surface area is 191 Å². The van der Waals surface area contributed by atoms with Gasteiger partial charge in [0.1, 0.15) is 12.2 Å². The molecule has 0 saturated heterocycles. The normalized spacial score (nSPS) is 17.5. The van der Waals surface area contributed by atoms with Gasteiger partial charge in [0, 0.05) is 18.0 Å². The number of para-hydroxylation sites is 1. The highest BCUT2D eigenvalue weighted by atomic mass is 16.5. The average Bonchev–Trinajstić information content (AvgIpc) is 3.22. The van der Waals surface area contributed by atoms with Crippen molar-refractivity contribution >= 4 is 23.6 Å². The number of carboxylic acid groups (broad SMARTS) is 2. The van der Waals surface area contributed by atoms with Crippen LogP contribution in [0.25, 0.3) is 17.2 Å². The van der Waals surface area contributed by atoms with Gasteiger partial charge in [-0.2, -0.15) is 4.98 Å². The van der Waals surface area contributed by atoms with Gasteiger partial charge in [-0.1, -0.05) is 17.3 Å². The van der Waals surface area contributed by atoms with Crippen molar-refractivity contribution in [1.29, 1.82) is 0 Å². The predicted molar refractivity (Wildman–Crippen MR) is 115 cm³/mol. The molecule has 1 saturated carbocycles. The highest BCUT2D eigenvalue weighted by molar-refractivity contribution is 6.16. The minimum absolute atomic E-state index is 0.439. The predicted octanol–water partition coefficient (Wildman–Crippen LogP) is 0.257. The van der Waals surface area contributed by atoms with E-state index in [1.807, 2.05) is 18.5 Å². The third-order valence-corrected chi connectivity index (χ3v) is 5.63. The summed E-state index contributed by atoms with van der Waals surface area (Å²) in [5.74, 6) is 0.188. The van der Waals surface area contributed by atoms with E-state index in [4.69, 9.17) is 29.9 Å². The number of aliphatic hydroxyl groups is 2. The second-order valence-corrected chi connectivity index (χ2v) is 7.96. The number of aliphatic carboxylic acids is 2. The van der Waals surface area contributed by atoms with E-state index in [1.165, 1.54) is 0 Å². The fraction of sp³-hybridized carbons (Fsp3) is 0.333. The second kappa shape index (κ2) is 8.35. The maximum absolute atomic E-state index is 9.77. The van der Waals surface area contributed by atoms with Crippen molar-refractivity contribution < 1.29 is 34.5 Å². The smallest absolute Gasteiger partial charge is 0.335 e. The summed E-state index contributed by atoms with van der Waals surface area (Å²) in [5.41, 5.74) is 2.99. The lowest BCUT2D eigenvalue weighted by Crippen LogP contribution is -2.39. The zero-order valence-corrected chi connectivity index (χ0v) is 17.6. The molecule has 2 aromatic heterocycles. The molecular weight excluding hydrogens is 448 g/mol. The number of aromatic nitrogens is 4. The van der Waals surface area contributed by atoms with Crippen molar-refractivity contribution in [3.8, 4) is 17.2 Å². The number of rotatable bonds is 5. The summed E-state index contributed by atoms with van der Waals surface area (Å²) in [6, 6.07) is 8.28. The number of hydrogen-bond donors (Lipinski definition) is 4. The molecule has 2 atom stereocenters. The van der Waals surface area contributed by atoms with Crippen LogP contribution in [0.15, 0.2) is 40.1 Å². The summed E-state index contributed by atoms with van der Waals surface area (Å²) in [7, 11) is 0. The first-order valence-electron chi connectivity index (χ1n) is 10.5. The lowest BCUT2D eigenvalue weighted by Gasteiger charge is -2.29. The number of benzene rings is 1. The zero-order chi connectivity index (χ0) is 24.0. The van der Waals surface area contributed by atoms with Crippen LogP contribution in [0.3, 0.4) is 0 Å². The summed E-state index contributed by atoms with van der Waals surface area (Å²) in [6.45, 7) is 1.63. The third-order valence-electron chi connectivity index (χ3n) is 5.63. The number of aliphatic imine (C=N–C) groups is 1. The molecule has 3 aliphatic rings. The minimum Gasteiger partial charge on any atom is -0.479 e. The Kier molecular flexibility index (Phi) is 5.34. The monoisotopic (exact) mass is 468 g/mol. The quantitative estimate of drug-likeness (QED) is 0.402. The van der Waals surface area contributed by atoms with E-state index in [9.17, 15) is 9.59 Å². The van der Waals surface area contributed by atoms with E-state index in [2.05, 4.69) is 36.7 Å². The molecule has 1 fully saturated rings. The van der Waals surface area contributed by atoms with Gasteiger partial charge in [0.25, 0.3) is 0 Å². The molecule has 2 unspecified atom stereocenters. The molecule has 4 N–H and O–H groups in total. The van der Waals surface area contributed by atoms with Crippen molar-refractivity contribution in [2.24, 2.45) is 4.99 Å². The number of fused-ring (bicyclic) bond motifs is 6. The van der Waals surface area contributed by atoms with Gasteiger partial charge in [0.05, 0.1) is 12.2 Å². The first-order valence-corrected chi connectivity index (χ1v) is 10.5. The number of anilines is 1. The van der Waals surface area contributed by atoms with Crippen molar-refractivity contribution in [1.82, 2.24) is 19.7 Å². The topological polar surface area (TPSA) is 187 Å². The van der Waals surface area contributed by atoms with Gasteiger partial charge < -0.3 is 29.8 Å². The molecular formula is C21H20N6O7. The van der Waals surface area contributed by atoms with E-state index in [1.54, 1.807) is 0 Å². The fourth-order valence-corrected chi connectivity index (χ4v) is 3.79. The van der Waals surface area contributed by atoms with Crippen LogP contribution in [-0.2, 0) is 9.59 Å². The van der Waals surface area contributed by atoms with Gasteiger partial charge >= 0.3 is 11.9 Å². The first-order chi connectivity index (χ1) is 16.4. The molecule has 34 heavy (non-hydrogen) atoms.